The third kappa shape index (κ3) is 3.74. The minimum absolute atomic E-state index is 0.0722. The van der Waals surface area contributed by atoms with E-state index in [1.807, 2.05) is 41.3 Å². The number of fused-ring (bicyclic) bond motifs is 1. The fourth-order valence-corrected chi connectivity index (χ4v) is 4.28. The Labute approximate surface area is 189 Å². The van der Waals surface area contributed by atoms with Crippen LogP contribution in [0.5, 0.6) is 0 Å². The molecule has 1 fully saturated rings. The maximum atomic E-state index is 13.4. The smallest absolute Gasteiger partial charge is 0.289 e. The molecule has 1 amide bonds. The molecule has 1 aromatic carbocycles. The van der Waals surface area contributed by atoms with Crippen LogP contribution >= 0.6 is 0 Å². The van der Waals surface area contributed by atoms with Crippen LogP contribution in [0.4, 0.5) is 5.69 Å². The Morgan fingerprint density at radius 3 is 2.52 bits per heavy atom. The third-order valence-electron chi connectivity index (χ3n) is 5.91. The van der Waals surface area contributed by atoms with E-state index in [-0.39, 0.29) is 17.0 Å². The van der Waals surface area contributed by atoms with Gasteiger partial charge in [0.25, 0.3) is 11.5 Å². The molecule has 0 bridgehead atoms. The van der Waals surface area contributed by atoms with E-state index in [0.29, 0.717) is 55.2 Å². The van der Waals surface area contributed by atoms with Crippen LogP contribution in [0.25, 0.3) is 11.0 Å². The summed E-state index contributed by atoms with van der Waals surface area (Å²) in [6, 6.07) is 18.8. The van der Waals surface area contributed by atoms with Crippen LogP contribution in [-0.4, -0.2) is 46.5 Å². The van der Waals surface area contributed by atoms with Crippen molar-refractivity contribution in [2.75, 3.05) is 31.1 Å². The zero-order valence-electron chi connectivity index (χ0n) is 17.8. The minimum atomic E-state index is -0.342. The Balaban J connectivity index is 1.52. The molecule has 0 spiro atoms. The second-order valence-corrected chi connectivity index (χ2v) is 7.84. The highest BCUT2D eigenvalue weighted by molar-refractivity contribution is 5.93. The van der Waals surface area contributed by atoms with Crippen LogP contribution in [0.3, 0.4) is 0 Å². The predicted molar refractivity (Wildman–Crippen MR) is 123 cm³/mol. The summed E-state index contributed by atoms with van der Waals surface area (Å²) in [5.74, 6) is 0.137. The SMILES string of the molecule is N#Cc1c(N2CCN(C(=O)c3ccco3)CC2)c2ncccc2n(Cc2ccccc2)c1=O. The van der Waals surface area contributed by atoms with Gasteiger partial charge in [-0.25, -0.2) is 0 Å². The van der Waals surface area contributed by atoms with Crippen molar-refractivity contribution in [3.05, 3.63) is 94.3 Å². The third-order valence-corrected chi connectivity index (χ3v) is 5.91. The van der Waals surface area contributed by atoms with Crippen molar-refractivity contribution in [3.8, 4) is 6.07 Å². The molecule has 164 valence electrons. The van der Waals surface area contributed by atoms with Crippen molar-refractivity contribution < 1.29 is 9.21 Å². The van der Waals surface area contributed by atoms with Crippen molar-refractivity contribution in [1.29, 1.82) is 5.26 Å². The number of rotatable bonds is 4. The average molecular weight is 439 g/mol. The van der Waals surface area contributed by atoms with Crippen LogP contribution < -0.4 is 10.5 Å². The number of carbonyl (C=O) groups is 1. The van der Waals surface area contributed by atoms with Gasteiger partial charge in [0.05, 0.1) is 24.0 Å². The van der Waals surface area contributed by atoms with Gasteiger partial charge in [0.2, 0.25) is 0 Å². The highest BCUT2D eigenvalue weighted by atomic mass is 16.3. The summed E-state index contributed by atoms with van der Waals surface area (Å²) in [7, 11) is 0. The molecule has 1 saturated heterocycles. The number of benzene rings is 1. The van der Waals surface area contributed by atoms with E-state index in [1.54, 1.807) is 33.9 Å². The van der Waals surface area contributed by atoms with Crippen LogP contribution in [0.2, 0.25) is 0 Å². The van der Waals surface area contributed by atoms with E-state index >= 15 is 0 Å². The lowest BCUT2D eigenvalue weighted by Crippen LogP contribution is -2.49. The van der Waals surface area contributed by atoms with Crippen LogP contribution in [0, 0.1) is 11.3 Å². The number of hydrogen-bond donors (Lipinski definition) is 0. The van der Waals surface area contributed by atoms with E-state index in [1.165, 1.54) is 6.26 Å². The van der Waals surface area contributed by atoms with Gasteiger partial charge < -0.3 is 18.8 Å². The lowest BCUT2D eigenvalue weighted by atomic mass is 10.1. The monoisotopic (exact) mass is 439 g/mol. The zero-order valence-corrected chi connectivity index (χ0v) is 17.8. The summed E-state index contributed by atoms with van der Waals surface area (Å²) in [6.45, 7) is 2.21. The first-order valence-corrected chi connectivity index (χ1v) is 10.7. The Hall–Kier alpha value is -4.38. The number of anilines is 1. The number of nitriles is 1. The maximum absolute atomic E-state index is 13.4. The minimum Gasteiger partial charge on any atom is -0.459 e. The quantitative estimate of drug-likeness (QED) is 0.485. The number of amides is 1. The maximum Gasteiger partial charge on any atom is 0.289 e. The number of carbonyl (C=O) groups excluding carboxylic acids is 1. The summed E-state index contributed by atoms with van der Waals surface area (Å²) in [5, 5.41) is 9.95. The Kier molecular flexibility index (Phi) is 5.37. The molecular weight excluding hydrogens is 418 g/mol. The number of hydrogen-bond acceptors (Lipinski definition) is 6. The fourth-order valence-electron chi connectivity index (χ4n) is 4.28. The number of furan rings is 1. The highest BCUT2D eigenvalue weighted by Crippen LogP contribution is 2.28. The van der Waals surface area contributed by atoms with E-state index < -0.39 is 0 Å². The van der Waals surface area contributed by atoms with Gasteiger partial charge in [-0.05, 0) is 29.8 Å². The van der Waals surface area contributed by atoms with Gasteiger partial charge in [-0.1, -0.05) is 30.3 Å². The van der Waals surface area contributed by atoms with Crippen LogP contribution in [-0.2, 0) is 6.54 Å². The molecule has 8 heteroatoms. The van der Waals surface area contributed by atoms with E-state index in [4.69, 9.17) is 4.42 Å². The number of nitrogens with zero attached hydrogens (tertiary/aromatic N) is 5. The summed E-state index contributed by atoms with van der Waals surface area (Å²) < 4.78 is 6.84. The molecular formula is C25H21N5O3. The van der Waals surface area contributed by atoms with Gasteiger partial charge in [0, 0.05) is 32.4 Å². The van der Waals surface area contributed by atoms with Gasteiger partial charge in [0.15, 0.2) is 5.76 Å². The van der Waals surface area contributed by atoms with E-state index in [9.17, 15) is 14.9 Å². The number of pyridine rings is 2. The second kappa shape index (κ2) is 8.63. The van der Waals surface area contributed by atoms with Gasteiger partial charge in [-0.3, -0.25) is 14.6 Å². The molecule has 4 heterocycles. The molecule has 1 aliphatic heterocycles. The lowest BCUT2D eigenvalue weighted by Gasteiger charge is -2.36. The fraction of sp³-hybridized carbons (Fsp3) is 0.200. The molecule has 0 radical (unpaired) electrons. The number of aromatic nitrogens is 2. The first-order valence-electron chi connectivity index (χ1n) is 10.7. The predicted octanol–water partition coefficient (Wildman–Crippen LogP) is 2.87. The molecule has 3 aromatic heterocycles. The molecule has 0 unspecified atom stereocenters. The van der Waals surface area contributed by atoms with Crippen LogP contribution in [0.15, 0.2) is 76.3 Å². The van der Waals surface area contributed by atoms with Crippen LogP contribution in [0.1, 0.15) is 21.7 Å². The second-order valence-electron chi connectivity index (χ2n) is 7.84. The molecule has 4 aromatic rings. The molecule has 0 saturated carbocycles. The van der Waals surface area contributed by atoms with Crippen molar-refractivity contribution in [3.63, 3.8) is 0 Å². The van der Waals surface area contributed by atoms with Crippen molar-refractivity contribution in [2.24, 2.45) is 0 Å². The summed E-state index contributed by atoms with van der Waals surface area (Å²) in [6.07, 6.45) is 3.14. The Morgan fingerprint density at radius 1 is 1.03 bits per heavy atom. The topological polar surface area (TPSA) is 95.4 Å². The molecule has 0 atom stereocenters. The first kappa shape index (κ1) is 20.5. The van der Waals surface area contributed by atoms with E-state index in [0.717, 1.165) is 5.56 Å². The summed E-state index contributed by atoms with van der Waals surface area (Å²) in [4.78, 5) is 34.3. The van der Waals surface area contributed by atoms with Gasteiger partial charge in [-0.15, -0.1) is 0 Å². The molecule has 0 N–H and O–H groups in total. The number of piperazine rings is 1. The van der Waals surface area contributed by atoms with Crippen molar-refractivity contribution in [1.82, 2.24) is 14.5 Å². The summed E-state index contributed by atoms with van der Waals surface area (Å²) >= 11 is 0. The largest absolute Gasteiger partial charge is 0.459 e. The molecule has 0 aliphatic carbocycles. The summed E-state index contributed by atoms with van der Waals surface area (Å²) in [5.41, 5.74) is 2.51. The molecule has 1 aliphatic rings. The van der Waals surface area contributed by atoms with Gasteiger partial charge in [0.1, 0.15) is 17.1 Å². The molecule has 5 rings (SSSR count). The Bertz CT molecular complexity index is 1400. The standard InChI is InChI=1S/C25H21N5O3/c26-16-19-23(28-11-13-29(14-12-28)25(32)21-9-5-15-33-21)22-20(8-4-10-27-22)30(24(19)31)17-18-6-2-1-3-7-18/h1-10,15H,11-14,17H2. The first-order chi connectivity index (χ1) is 16.2. The van der Waals surface area contributed by atoms with Crippen molar-refractivity contribution in [2.45, 2.75) is 6.54 Å². The van der Waals surface area contributed by atoms with Gasteiger partial charge in [-0.2, -0.15) is 5.26 Å². The zero-order chi connectivity index (χ0) is 22.8. The van der Waals surface area contributed by atoms with E-state index in [2.05, 4.69) is 11.1 Å². The lowest BCUT2D eigenvalue weighted by molar-refractivity contribution is 0.0715. The normalized spacial score (nSPS) is 13.8. The Morgan fingerprint density at radius 2 is 1.82 bits per heavy atom. The molecule has 8 nitrogen and oxygen atoms in total. The van der Waals surface area contributed by atoms with Crippen molar-refractivity contribution >= 4 is 22.6 Å². The highest BCUT2D eigenvalue weighted by Gasteiger charge is 2.28. The average Bonchev–Trinajstić information content (AvgIpc) is 3.41. The molecule has 33 heavy (non-hydrogen) atoms. The van der Waals surface area contributed by atoms with Gasteiger partial charge >= 0.3 is 0 Å².